The molecule has 0 amide bonds. The summed E-state index contributed by atoms with van der Waals surface area (Å²) in [6.07, 6.45) is 5.45. The second kappa shape index (κ2) is 4.27. The molecule has 1 N–H and O–H groups in total. The molecule has 80 valence electrons. The van der Waals surface area contributed by atoms with Crippen molar-refractivity contribution in [2.45, 2.75) is 26.2 Å². The van der Waals surface area contributed by atoms with E-state index < -0.39 is 0 Å². The molecule has 0 radical (unpaired) electrons. The molecule has 1 aromatic carbocycles. The van der Waals surface area contributed by atoms with Gasteiger partial charge in [0, 0.05) is 0 Å². The molecule has 0 saturated heterocycles. The van der Waals surface area contributed by atoms with E-state index in [0.717, 1.165) is 5.56 Å². The lowest BCUT2D eigenvalue weighted by Gasteiger charge is -2.19. The van der Waals surface area contributed by atoms with Gasteiger partial charge in [0.1, 0.15) is 0 Å². The first-order chi connectivity index (χ1) is 7.01. The summed E-state index contributed by atoms with van der Waals surface area (Å²) in [5, 5.41) is 9.53. The van der Waals surface area contributed by atoms with Gasteiger partial charge in [-0.25, -0.2) is 0 Å². The van der Waals surface area contributed by atoms with Crippen LogP contribution in [0.25, 0.3) is 0 Å². The van der Waals surface area contributed by atoms with Crippen molar-refractivity contribution in [1.29, 1.82) is 0 Å². The normalized spacial score (nSPS) is 10.8. The second-order valence-electron chi connectivity index (χ2n) is 3.88. The SMILES string of the molecule is C#CC(C)(C)c1ccc(O)c(OCC)c1. The molecule has 2 heteroatoms. The van der Waals surface area contributed by atoms with E-state index in [4.69, 9.17) is 11.2 Å². The predicted molar refractivity (Wildman–Crippen MR) is 61.1 cm³/mol. The third-order valence-corrected chi connectivity index (χ3v) is 2.34. The number of aromatic hydroxyl groups is 1. The minimum absolute atomic E-state index is 0.147. The largest absolute Gasteiger partial charge is 0.504 e. The standard InChI is InChI=1S/C13H16O2/c1-5-13(3,4)10-7-8-11(14)12(9-10)15-6-2/h1,7-9,14H,6H2,2-4H3. The molecule has 0 atom stereocenters. The zero-order valence-corrected chi connectivity index (χ0v) is 9.37. The van der Waals surface area contributed by atoms with E-state index in [-0.39, 0.29) is 11.2 Å². The van der Waals surface area contributed by atoms with E-state index in [2.05, 4.69) is 5.92 Å². The number of benzene rings is 1. The highest BCUT2D eigenvalue weighted by atomic mass is 16.5. The van der Waals surface area contributed by atoms with E-state index in [9.17, 15) is 5.11 Å². The molecule has 1 rings (SSSR count). The van der Waals surface area contributed by atoms with Crippen molar-refractivity contribution < 1.29 is 9.84 Å². The van der Waals surface area contributed by atoms with Crippen LogP contribution in [0.3, 0.4) is 0 Å². The van der Waals surface area contributed by atoms with Crippen LogP contribution in [0.5, 0.6) is 11.5 Å². The van der Waals surface area contributed by atoms with Gasteiger partial charge in [-0.2, -0.15) is 0 Å². The monoisotopic (exact) mass is 204 g/mol. The highest BCUT2D eigenvalue weighted by Crippen LogP contribution is 2.32. The molecule has 0 bridgehead atoms. The Kier molecular flexibility index (Phi) is 3.26. The van der Waals surface area contributed by atoms with Crippen molar-refractivity contribution in [3.63, 3.8) is 0 Å². The van der Waals surface area contributed by atoms with Crippen LogP contribution < -0.4 is 4.74 Å². The summed E-state index contributed by atoms with van der Waals surface area (Å²) in [5.74, 6) is 3.34. The molecule has 0 aliphatic heterocycles. The molecule has 0 heterocycles. The molecular weight excluding hydrogens is 188 g/mol. The van der Waals surface area contributed by atoms with E-state index >= 15 is 0 Å². The summed E-state index contributed by atoms with van der Waals surface area (Å²) in [4.78, 5) is 0. The van der Waals surface area contributed by atoms with E-state index in [1.54, 1.807) is 12.1 Å². The van der Waals surface area contributed by atoms with Gasteiger partial charge in [0.25, 0.3) is 0 Å². The first kappa shape index (κ1) is 11.5. The van der Waals surface area contributed by atoms with E-state index in [0.29, 0.717) is 12.4 Å². The average Bonchev–Trinajstić information content (AvgIpc) is 2.21. The number of rotatable bonds is 3. The van der Waals surface area contributed by atoms with Crippen LogP contribution in [-0.2, 0) is 5.41 Å². The number of hydrogen-bond donors (Lipinski definition) is 1. The van der Waals surface area contributed by atoms with Gasteiger partial charge in [0.2, 0.25) is 0 Å². The number of hydrogen-bond acceptors (Lipinski definition) is 2. The van der Waals surface area contributed by atoms with Gasteiger partial charge in [-0.05, 0) is 38.5 Å². The number of terminal acetylenes is 1. The molecule has 0 unspecified atom stereocenters. The molecule has 0 fully saturated rings. The highest BCUT2D eigenvalue weighted by Gasteiger charge is 2.18. The Morgan fingerprint density at radius 3 is 2.67 bits per heavy atom. The third-order valence-electron chi connectivity index (χ3n) is 2.34. The molecule has 1 aromatic rings. The summed E-state index contributed by atoms with van der Waals surface area (Å²) in [6, 6.07) is 5.22. The molecule has 15 heavy (non-hydrogen) atoms. The Morgan fingerprint density at radius 2 is 2.13 bits per heavy atom. The van der Waals surface area contributed by atoms with Gasteiger partial charge >= 0.3 is 0 Å². The van der Waals surface area contributed by atoms with Gasteiger partial charge in [0.05, 0.1) is 12.0 Å². The van der Waals surface area contributed by atoms with Crippen molar-refractivity contribution in [3.05, 3.63) is 23.8 Å². The molecule has 0 aromatic heterocycles. The maximum atomic E-state index is 9.53. The summed E-state index contributed by atoms with van der Waals surface area (Å²) >= 11 is 0. The lowest BCUT2D eigenvalue weighted by molar-refractivity contribution is 0.317. The van der Waals surface area contributed by atoms with Crippen molar-refractivity contribution in [2.75, 3.05) is 6.61 Å². The topological polar surface area (TPSA) is 29.5 Å². The summed E-state index contributed by atoms with van der Waals surface area (Å²) < 4.78 is 5.30. The van der Waals surface area contributed by atoms with E-state index in [1.165, 1.54) is 0 Å². The molecule has 0 aliphatic carbocycles. The Labute approximate surface area is 90.9 Å². The number of ether oxygens (including phenoxy) is 1. The predicted octanol–water partition coefficient (Wildman–Crippen LogP) is 2.70. The van der Waals surface area contributed by atoms with Gasteiger partial charge in [-0.3, -0.25) is 0 Å². The van der Waals surface area contributed by atoms with Gasteiger partial charge in [-0.15, -0.1) is 6.42 Å². The quantitative estimate of drug-likeness (QED) is 0.767. The second-order valence-corrected chi connectivity index (χ2v) is 3.88. The zero-order chi connectivity index (χ0) is 11.5. The van der Waals surface area contributed by atoms with Crippen LogP contribution in [0.15, 0.2) is 18.2 Å². The van der Waals surface area contributed by atoms with Crippen LogP contribution in [0.4, 0.5) is 0 Å². The van der Waals surface area contributed by atoms with Crippen molar-refractivity contribution in [3.8, 4) is 23.8 Å². The van der Waals surface area contributed by atoms with Gasteiger partial charge in [-0.1, -0.05) is 12.0 Å². The van der Waals surface area contributed by atoms with Crippen molar-refractivity contribution in [1.82, 2.24) is 0 Å². The maximum Gasteiger partial charge on any atom is 0.161 e. The molecule has 0 aliphatic rings. The Balaban J connectivity index is 3.14. The molecular formula is C13H16O2. The lowest BCUT2D eigenvalue weighted by atomic mass is 9.85. The third kappa shape index (κ3) is 2.44. The molecule has 0 spiro atoms. The lowest BCUT2D eigenvalue weighted by Crippen LogP contribution is -2.13. The van der Waals surface area contributed by atoms with Gasteiger partial charge < -0.3 is 9.84 Å². The van der Waals surface area contributed by atoms with E-state index in [1.807, 2.05) is 26.8 Å². The fraction of sp³-hybridized carbons (Fsp3) is 0.385. The Hall–Kier alpha value is -1.62. The first-order valence-electron chi connectivity index (χ1n) is 4.95. The van der Waals surface area contributed by atoms with Crippen LogP contribution in [-0.4, -0.2) is 11.7 Å². The zero-order valence-electron chi connectivity index (χ0n) is 9.37. The summed E-state index contributed by atoms with van der Waals surface area (Å²) in [6.45, 7) is 6.30. The summed E-state index contributed by atoms with van der Waals surface area (Å²) in [5.41, 5.74) is 0.616. The summed E-state index contributed by atoms with van der Waals surface area (Å²) in [7, 11) is 0. The molecule has 2 nitrogen and oxygen atoms in total. The minimum atomic E-state index is -0.348. The van der Waals surface area contributed by atoms with Crippen molar-refractivity contribution in [2.24, 2.45) is 0 Å². The van der Waals surface area contributed by atoms with Crippen LogP contribution >= 0.6 is 0 Å². The fourth-order valence-corrected chi connectivity index (χ4v) is 1.26. The number of phenolic OH excluding ortho intramolecular Hbond substituents is 1. The molecule has 0 saturated carbocycles. The van der Waals surface area contributed by atoms with Crippen molar-refractivity contribution >= 4 is 0 Å². The Morgan fingerprint density at radius 1 is 1.47 bits per heavy atom. The first-order valence-corrected chi connectivity index (χ1v) is 4.95. The average molecular weight is 204 g/mol. The van der Waals surface area contributed by atoms with Gasteiger partial charge in [0.15, 0.2) is 11.5 Å². The Bertz CT molecular complexity index is 386. The minimum Gasteiger partial charge on any atom is -0.504 e. The van der Waals surface area contributed by atoms with Crippen LogP contribution in [0.2, 0.25) is 0 Å². The smallest absolute Gasteiger partial charge is 0.161 e. The van der Waals surface area contributed by atoms with Crippen LogP contribution in [0, 0.1) is 12.3 Å². The van der Waals surface area contributed by atoms with Crippen LogP contribution in [0.1, 0.15) is 26.3 Å². The fourth-order valence-electron chi connectivity index (χ4n) is 1.26. The highest BCUT2D eigenvalue weighted by molar-refractivity contribution is 5.46. The maximum absolute atomic E-state index is 9.53. The number of phenols is 1.